The van der Waals surface area contributed by atoms with Crippen LogP contribution in [-0.4, -0.2) is 32.8 Å². The van der Waals surface area contributed by atoms with E-state index in [9.17, 15) is 0 Å². The molecule has 4 nitrogen and oxygen atoms in total. The van der Waals surface area contributed by atoms with Crippen LogP contribution in [0.5, 0.6) is 0 Å². The molecule has 140 valence electrons. The largest absolute Gasteiger partial charge is 0.297 e. The molecule has 1 saturated heterocycles. The molecule has 4 rings (SSSR count). The monoisotopic (exact) mass is 360 g/mol. The minimum Gasteiger partial charge on any atom is -0.297 e. The van der Waals surface area contributed by atoms with Crippen LogP contribution in [0.2, 0.25) is 0 Å². The molecule has 1 aromatic carbocycles. The molecule has 0 spiro atoms. The number of pyridine rings is 1. The first-order valence-corrected chi connectivity index (χ1v) is 9.90. The van der Waals surface area contributed by atoms with Crippen LogP contribution in [-0.2, 0) is 6.54 Å². The number of hydrogen-bond acceptors (Lipinski definition) is 3. The third-order valence-electron chi connectivity index (χ3n) is 5.61. The van der Waals surface area contributed by atoms with Crippen molar-refractivity contribution in [2.24, 2.45) is 0 Å². The Bertz CT molecular complexity index is 904. The summed E-state index contributed by atoms with van der Waals surface area (Å²) in [4.78, 5) is 7.30. The van der Waals surface area contributed by atoms with Crippen LogP contribution in [0, 0.1) is 13.8 Å². The zero-order valence-corrected chi connectivity index (χ0v) is 16.5. The van der Waals surface area contributed by atoms with E-state index < -0.39 is 0 Å². The molecule has 1 aliphatic rings. The molecule has 1 aliphatic heterocycles. The topological polar surface area (TPSA) is 34.0 Å². The van der Waals surface area contributed by atoms with Gasteiger partial charge in [0, 0.05) is 23.5 Å². The van der Waals surface area contributed by atoms with Crippen molar-refractivity contribution in [3.05, 3.63) is 71.2 Å². The highest BCUT2D eigenvalue weighted by atomic mass is 15.3. The van der Waals surface area contributed by atoms with E-state index in [4.69, 9.17) is 4.98 Å². The van der Waals surface area contributed by atoms with Gasteiger partial charge in [-0.05, 0) is 76.0 Å². The molecule has 0 unspecified atom stereocenters. The van der Waals surface area contributed by atoms with Gasteiger partial charge in [0.1, 0.15) is 0 Å². The second-order valence-corrected chi connectivity index (χ2v) is 7.68. The second-order valence-electron chi connectivity index (χ2n) is 7.68. The van der Waals surface area contributed by atoms with E-state index in [0.29, 0.717) is 6.04 Å². The molecular formula is C23H28N4. The molecule has 0 bridgehead atoms. The Labute approximate surface area is 161 Å². The molecule has 1 atom stereocenters. The number of hydrogen-bond donors (Lipinski definition) is 0. The standard InChI is InChI=1S/C23H28N4/c1-17-13-18(2)27(25-17)16-20-9-10-23(24-15-20)22-8-6-7-21(14-22)19(3)26-11-4-5-12-26/h6-10,13-15,19H,4-5,11-12,16H2,1-3H3/t19-/m0/s1. The first-order chi connectivity index (χ1) is 13.1. The van der Waals surface area contributed by atoms with E-state index in [1.54, 1.807) is 0 Å². The van der Waals surface area contributed by atoms with Gasteiger partial charge < -0.3 is 0 Å². The van der Waals surface area contributed by atoms with Gasteiger partial charge in [-0.25, -0.2) is 0 Å². The maximum Gasteiger partial charge on any atom is 0.0702 e. The highest BCUT2D eigenvalue weighted by Gasteiger charge is 2.19. The van der Waals surface area contributed by atoms with E-state index in [0.717, 1.165) is 17.9 Å². The van der Waals surface area contributed by atoms with E-state index >= 15 is 0 Å². The number of benzene rings is 1. The third-order valence-corrected chi connectivity index (χ3v) is 5.61. The number of aromatic nitrogens is 3. The Morgan fingerprint density at radius 3 is 2.52 bits per heavy atom. The molecule has 0 aliphatic carbocycles. The summed E-state index contributed by atoms with van der Waals surface area (Å²) in [5.74, 6) is 0. The zero-order valence-electron chi connectivity index (χ0n) is 16.5. The highest BCUT2D eigenvalue weighted by Crippen LogP contribution is 2.27. The lowest BCUT2D eigenvalue weighted by molar-refractivity contribution is 0.263. The molecule has 27 heavy (non-hydrogen) atoms. The van der Waals surface area contributed by atoms with Crippen molar-refractivity contribution in [2.75, 3.05) is 13.1 Å². The fraction of sp³-hybridized carbons (Fsp3) is 0.391. The smallest absolute Gasteiger partial charge is 0.0702 e. The van der Waals surface area contributed by atoms with Crippen molar-refractivity contribution < 1.29 is 0 Å². The Morgan fingerprint density at radius 1 is 1.04 bits per heavy atom. The minimum absolute atomic E-state index is 0.470. The molecule has 2 aromatic heterocycles. The quantitative estimate of drug-likeness (QED) is 0.657. The first kappa shape index (κ1) is 17.9. The Hall–Kier alpha value is -2.46. The molecule has 3 heterocycles. The van der Waals surface area contributed by atoms with Crippen LogP contribution in [0.25, 0.3) is 11.3 Å². The first-order valence-electron chi connectivity index (χ1n) is 9.90. The van der Waals surface area contributed by atoms with Gasteiger partial charge in [0.25, 0.3) is 0 Å². The summed E-state index contributed by atoms with van der Waals surface area (Å²) in [6, 6.07) is 15.7. The van der Waals surface area contributed by atoms with Gasteiger partial charge in [0.2, 0.25) is 0 Å². The van der Waals surface area contributed by atoms with E-state index in [1.807, 2.05) is 17.8 Å². The maximum absolute atomic E-state index is 4.72. The van der Waals surface area contributed by atoms with Crippen molar-refractivity contribution in [3.8, 4) is 11.3 Å². The van der Waals surface area contributed by atoms with Gasteiger partial charge in [-0.1, -0.05) is 24.3 Å². The van der Waals surface area contributed by atoms with Crippen LogP contribution in [0.4, 0.5) is 0 Å². The van der Waals surface area contributed by atoms with Gasteiger partial charge in [-0.3, -0.25) is 14.6 Å². The van der Waals surface area contributed by atoms with Crippen molar-refractivity contribution in [3.63, 3.8) is 0 Å². The Balaban J connectivity index is 1.51. The fourth-order valence-corrected chi connectivity index (χ4v) is 3.99. The number of nitrogens with zero attached hydrogens (tertiary/aromatic N) is 4. The number of likely N-dealkylation sites (tertiary alicyclic amines) is 1. The third kappa shape index (κ3) is 3.96. The minimum atomic E-state index is 0.470. The van der Waals surface area contributed by atoms with Gasteiger partial charge in [0.05, 0.1) is 17.9 Å². The summed E-state index contributed by atoms with van der Waals surface area (Å²) in [5.41, 5.74) is 7.01. The predicted octanol–water partition coefficient (Wildman–Crippen LogP) is 4.77. The van der Waals surface area contributed by atoms with Crippen molar-refractivity contribution in [1.82, 2.24) is 19.7 Å². The fourth-order valence-electron chi connectivity index (χ4n) is 3.99. The lowest BCUT2D eigenvalue weighted by Crippen LogP contribution is -2.23. The molecule has 0 saturated carbocycles. The second kappa shape index (κ2) is 7.65. The van der Waals surface area contributed by atoms with Gasteiger partial charge in [-0.15, -0.1) is 0 Å². The van der Waals surface area contributed by atoms with E-state index in [1.165, 1.54) is 48.3 Å². The van der Waals surface area contributed by atoms with Crippen LogP contribution in [0.15, 0.2) is 48.7 Å². The Kier molecular flexibility index (Phi) is 5.08. The number of aryl methyl sites for hydroxylation is 2. The van der Waals surface area contributed by atoms with E-state index in [-0.39, 0.29) is 0 Å². The van der Waals surface area contributed by atoms with Gasteiger partial charge in [0.15, 0.2) is 0 Å². The van der Waals surface area contributed by atoms with Crippen LogP contribution in [0.1, 0.15) is 48.3 Å². The van der Waals surface area contributed by atoms with Crippen LogP contribution in [0.3, 0.4) is 0 Å². The summed E-state index contributed by atoms with van der Waals surface area (Å²) in [5, 5.41) is 4.54. The molecule has 0 N–H and O–H groups in total. The Morgan fingerprint density at radius 2 is 1.85 bits per heavy atom. The lowest BCUT2D eigenvalue weighted by atomic mass is 10.0. The SMILES string of the molecule is Cc1cc(C)n(Cc2ccc(-c3cccc([C@H](C)N4CCCC4)c3)nc2)n1. The van der Waals surface area contributed by atoms with Crippen molar-refractivity contribution in [2.45, 2.75) is 46.2 Å². The molecule has 4 heteroatoms. The lowest BCUT2D eigenvalue weighted by Gasteiger charge is -2.24. The predicted molar refractivity (Wildman–Crippen MR) is 110 cm³/mol. The van der Waals surface area contributed by atoms with Crippen LogP contribution >= 0.6 is 0 Å². The van der Waals surface area contributed by atoms with Crippen molar-refractivity contribution >= 4 is 0 Å². The molecular weight excluding hydrogens is 332 g/mol. The molecule has 3 aromatic rings. The van der Waals surface area contributed by atoms with Gasteiger partial charge >= 0.3 is 0 Å². The summed E-state index contributed by atoms with van der Waals surface area (Å²) in [6.45, 7) is 9.62. The summed E-state index contributed by atoms with van der Waals surface area (Å²) < 4.78 is 2.03. The molecule has 1 fully saturated rings. The summed E-state index contributed by atoms with van der Waals surface area (Å²) in [7, 11) is 0. The molecule has 0 amide bonds. The highest BCUT2D eigenvalue weighted by molar-refractivity contribution is 5.60. The maximum atomic E-state index is 4.72. The normalized spacial score (nSPS) is 16.0. The van der Waals surface area contributed by atoms with Crippen molar-refractivity contribution in [1.29, 1.82) is 0 Å². The molecule has 0 radical (unpaired) electrons. The van der Waals surface area contributed by atoms with Crippen LogP contribution < -0.4 is 0 Å². The van der Waals surface area contributed by atoms with Gasteiger partial charge in [-0.2, -0.15) is 5.10 Å². The average Bonchev–Trinajstić information content (AvgIpc) is 3.32. The summed E-state index contributed by atoms with van der Waals surface area (Å²) >= 11 is 0. The van der Waals surface area contributed by atoms with E-state index in [2.05, 4.69) is 66.3 Å². The number of rotatable bonds is 5. The summed E-state index contributed by atoms with van der Waals surface area (Å²) in [6.07, 6.45) is 4.62. The average molecular weight is 361 g/mol. The zero-order chi connectivity index (χ0) is 18.8.